The zero-order valence-corrected chi connectivity index (χ0v) is 9.96. The van der Waals surface area contributed by atoms with Crippen molar-refractivity contribution in [3.05, 3.63) is 23.8 Å². The SMILES string of the molecule is CCNCc1cc(NC(C)=O)ccc1OC. The number of hydrogen-bond acceptors (Lipinski definition) is 3. The van der Waals surface area contributed by atoms with E-state index in [1.807, 2.05) is 25.1 Å². The van der Waals surface area contributed by atoms with Crippen LogP contribution in [0, 0.1) is 0 Å². The highest BCUT2D eigenvalue weighted by Crippen LogP contribution is 2.22. The molecule has 4 heteroatoms. The lowest BCUT2D eigenvalue weighted by Crippen LogP contribution is -2.13. The van der Waals surface area contributed by atoms with Gasteiger partial charge in [-0.1, -0.05) is 6.92 Å². The lowest BCUT2D eigenvalue weighted by molar-refractivity contribution is -0.114. The van der Waals surface area contributed by atoms with Crippen molar-refractivity contribution in [1.29, 1.82) is 0 Å². The van der Waals surface area contributed by atoms with Crippen LogP contribution >= 0.6 is 0 Å². The monoisotopic (exact) mass is 222 g/mol. The van der Waals surface area contributed by atoms with E-state index < -0.39 is 0 Å². The van der Waals surface area contributed by atoms with Gasteiger partial charge in [0.25, 0.3) is 0 Å². The van der Waals surface area contributed by atoms with Gasteiger partial charge in [-0.2, -0.15) is 0 Å². The average Bonchev–Trinajstić information content (AvgIpc) is 2.25. The van der Waals surface area contributed by atoms with Gasteiger partial charge in [0, 0.05) is 24.7 Å². The molecule has 0 aliphatic carbocycles. The molecule has 0 radical (unpaired) electrons. The molecule has 2 N–H and O–H groups in total. The molecule has 1 rings (SSSR count). The van der Waals surface area contributed by atoms with Crippen molar-refractivity contribution >= 4 is 11.6 Å². The highest BCUT2D eigenvalue weighted by molar-refractivity contribution is 5.88. The molecular formula is C12H18N2O2. The number of carbonyl (C=O) groups is 1. The summed E-state index contributed by atoms with van der Waals surface area (Å²) in [7, 11) is 1.64. The highest BCUT2D eigenvalue weighted by Gasteiger charge is 2.04. The van der Waals surface area contributed by atoms with Gasteiger partial charge in [0.15, 0.2) is 0 Å². The number of benzene rings is 1. The van der Waals surface area contributed by atoms with Crippen LogP contribution in [0.1, 0.15) is 19.4 Å². The Labute approximate surface area is 96.0 Å². The fourth-order valence-electron chi connectivity index (χ4n) is 1.46. The van der Waals surface area contributed by atoms with Gasteiger partial charge in [0.1, 0.15) is 5.75 Å². The summed E-state index contributed by atoms with van der Waals surface area (Å²) in [6, 6.07) is 5.61. The lowest BCUT2D eigenvalue weighted by atomic mass is 10.1. The lowest BCUT2D eigenvalue weighted by Gasteiger charge is -2.11. The summed E-state index contributed by atoms with van der Waals surface area (Å²) in [4.78, 5) is 10.9. The molecule has 4 nitrogen and oxygen atoms in total. The average molecular weight is 222 g/mol. The number of nitrogens with one attached hydrogen (secondary N) is 2. The molecule has 0 aromatic heterocycles. The number of hydrogen-bond donors (Lipinski definition) is 2. The Morgan fingerprint density at radius 3 is 2.75 bits per heavy atom. The minimum Gasteiger partial charge on any atom is -0.496 e. The van der Waals surface area contributed by atoms with E-state index >= 15 is 0 Å². The fourth-order valence-corrected chi connectivity index (χ4v) is 1.46. The molecule has 0 saturated heterocycles. The van der Waals surface area contributed by atoms with Crippen LogP contribution in [-0.4, -0.2) is 19.6 Å². The summed E-state index contributed by atoms with van der Waals surface area (Å²) >= 11 is 0. The number of carbonyl (C=O) groups excluding carboxylic acids is 1. The van der Waals surface area contributed by atoms with Gasteiger partial charge < -0.3 is 15.4 Å². The first-order valence-electron chi connectivity index (χ1n) is 5.32. The van der Waals surface area contributed by atoms with Crippen LogP contribution in [0.15, 0.2) is 18.2 Å². The molecule has 1 aromatic carbocycles. The number of anilines is 1. The van der Waals surface area contributed by atoms with Gasteiger partial charge in [-0.15, -0.1) is 0 Å². The van der Waals surface area contributed by atoms with Gasteiger partial charge in [0.2, 0.25) is 5.91 Å². The summed E-state index contributed by atoms with van der Waals surface area (Å²) < 4.78 is 5.25. The minimum atomic E-state index is -0.0698. The van der Waals surface area contributed by atoms with Gasteiger partial charge in [-0.25, -0.2) is 0 Å². The quantitative estimate of drug-likeness (QED) is 0.798. The predicted molar refractivity (Wildman–Crippen MR) is 64.7 cm³/mol. The number of amides is 1. The predicted octanol–water partition coefficient (Wildman–Crippen LogP) is 1.76. The van der Waals surface area contributed by atoms with Gasteiger partial charge in [-0.3, -0.25) is 4.79 Å². The van der Waals surface area contributed by atoms with E-state index in [4.69, 9.17) is 4.74 Å². The maximum atomic E-state index is 10.9. The normalized spacial score (nSPS) is 9.94. The van der Waals surface area contributed by atoms with Crippen molar-refractivity contribution in [1.82, 2.24) is 5.32 Å². The Hall–Kier alpha value is -1.55. The van der Waals surface area contributed by atoms with Crippen molar-refractivity contribution in [2.45, 2.75) is 20.4 Å². The van der Waals surface area contributed by atoms with Crippen LogP contribution in [-0.2, 0) is 11.3 Å². The third kappa shape index (κ3) is 3.55. The first-order chi connectivity index (χ1) is 7.67. The molecule has 1 amide bonds. The minimum absolute atomic E-state index is 0.0698. The Balaban J connectivity index is 2.87. The second-order valence-corrected chi connectivity index (χ2v) is 3.49. The first kappa shape index (κ1) is 12.5. The Bertz CT molecular complexity index is 364. The molecule has 0 bridgehead atoms. The van der Waals surface area contributed by atoms with Gasteiger partial charge in [0.05, 0.1) is 7.11 Å². The number of rotatable bonds is 5. The zero-order chi connectivity index (χ0) is 12.0. The Morgan fingerprint density at radius 2 is 2.19 bits per heavy atom. The van der Waals surface area contributed by atoms with Crippen LogP contribution < -0.4 is 15.4 Å². The van der Waals surface area contributed by atoms with E-state index in [2.05, 4.69) is 10.6 Å². The molecular weight excluding hydrogens is 204 g/mol. The van der Waals surface area contributed by atoms with E-state index in [9.17, 15) is 4.79 Å². The van der Waals surface area contributed by atoms with Crippen molar-refractivity contribution in [2.75, 3.05) is 19.0 Å². The van der Waals surface area contributed by atoms with Gasteiger partial charge in [-0.05, 0) is 24.7 Å². The molecule has 0 unspecified atom stereocenters. The molecule has 0 aliphatic heterocycles. The fraction of sp³-hybridized carbons (Fsp3) is 0.417. The van der Waals surface area contributed by atoms with Crippen LogP contribution in [0.2, 0.25) is 0 Å². The van der Waals surface area contributed by atoms with Crippen molar-refractivity contribution in [3.8, 4) is 5.75 Å². The highest BCUT2D eigenvalue weighted by atomic mass is 16.5. The van der Waals surface area contributed by atoms with Gasteiger partial charge >= 0.3 is 0 Å². The zero-order valence-electron chi connectivity index (χ0n) is 9.96. The molecule has 1 aromatic rings. The molecule has 0 heterocycles. The topological polar surface area (TPSA) is 50.4 Å². The van der Waals surface area contributed by atoms with E-state index in [-0.39, 0.29) is 5.91 Å². The number of ether oxygens (including phenoxy) is 1. The molecule has 0 saturated carbocycles. The standard InChI is InChI=1S/C12H18N2O2/c1-4-13-8-10-7-11(14-9(2)15)5-6-12(10)16-3/h5-7,13H,4,8H2,1-3H3,(H,14,15). The molecule has 0 spiro atoms. The second kappa shape index (κ2) is 6.12. The second-order valence-electron chi connectivity index (χ2n) is 3.49. The van der Waals surface area contributed by atoms with Crippen molar-refractivity contribution in [3.63, 3.8) is 0 Å². The Kier molecular flexibility index (Phi) is 4.79. The maximum Gasteiger partial charge on any atom is 0.221 e. The van der Waals surface area contributed by atoms with E-state index in [1.165, 1.54) is 6.92 Å². The largest absolute Gasteiger partial charge is 0.496 e. The van der Waals surface area contributed by atoms with Crippen molar-refractivity contribution in [2.24, 2.45) is 0 Å². The van der Waals surface area contributed by atoms with Crippen LogP contribution in [0.3, 0.4) is 0 Å². The summed E-state index contributed by atoms with van der Waals surface area (Å²) in [5, 5.41) is 5.98. The third-order valence-electron chi connectivity index (χ3n) is 2.17. The third-order valence-corrected chi connectivity index (χ3v) is 2.17. The summed E-state index contributed by atoms with van der Waals surface area (Å²) in [6.07, 6.45) is 0. The molecule has 0 atom stereocenters. The summed E-state index contributed by atoms with van der Waals surface area (Å²) in [5.74, 6) is 0.759. The van der Waals surface area contributed by atoms with Crippen LogP contribution in [0.25, 0.3) is 0 Å². The Morgan fingerprint density at radius 1 is 1.44 bits per heavy atom. The summed E-state index contributed by atoms with van der Waals surface area (Å²) in [5.41, 5.74) is 1.83. The maximum absolute atomic E-state index is 10.9. The van der Waals surface area contributed by atoms with Crippen LogP contribution in [0.4, 0.5) is 5.69 Å². The molecule has 0 aliphatic rings. The first-order valence-corrected chi connectivity index (χ1v) is 5.32. The smallest absolute Gasteiger partial charge is 0.221 e. The summed E-state index contributed by atoms with van der Waals surface area (Å²) in [6.45, 7) is 5.17. The number of methoxy groups -OCH3 is 1. The van der Waals surface area contributed by atoms with Crippen LogP contribution in [0.5, 0.6) is 5.75 Å². The molecule has 0 fully saturated rings. The molecule has 88 valence electrons. The van der Waals surface area contributed by atoms with E-state index in [0.717, 1.165) is 30.1 Å². The van der Waals surface area contributed by atoms with E-state index in [1.54, 1.807) is 7.11 Å². The van der Waals surface area contributed by atoms with E-state index in [0.29, 0.717) is 0 Å². The van der Waals surface area contributed by atoms with Crippen molar-refractivity contribution < 1.29 is 9.53 Å². The molecule has 16 heavy (non-hydrogen) atoms.